The van der Waals surface area contributed by atoms with Crippen LogP contribution in [-0.2, 0) is 19.5 Å². The van der Waals surface area contributed by atoms with Crippen LogP contribution in [0.5, 0.6) is 0 Å². The summed E-state index contributed by atoms with van der Waals surface area (Å²) in [7, 11) is 0. The first-order valence-electron chi connectivity index (χ1n) is 8.84. The Labute approximate surface area is 161 Å². The molecule has 6 nitrogen and oxygen atoms in total. The Balaban J connectivity index is 1.33. The SMILES string of the molecule is Cc1ccc(C(=O)N[C@H]2Cc3cc(C(=O)NCc4ccccc4)nn3C2)s1. The van der Waals surface area contributed by atoms with Crippen LogP contribution in [0.3, 0.4) is 0 Å². The summed E-state index contributed by atoms with van der Waals surface area (Å²) >= 11 is 1.49. The van der Waals surface area contributed by atoms with E-state index in [1.165, 1.54) is 11.3 Å². The fraction of sp³-hybridized carbons (Fsp3) is 0.250. The Morgan fingerprint density at radius 1 is 1.19 bits per heavy atom. The standard InChI is InChI=1S/C20H20N4O2S/c1-13-7-8-18(27-13)20(26)22-15-9-16-10-17(23-24(16)12-15)19(25)21-11-14-5-3-2-4-6-14/h2-8,10,15H,9,11-12H2,1H3,(H,21,25)(H,22,26)/t15-/m0/s1. The van der Waals surface area contributed by atoms with E-state index in [-0.39, 0.29) is 17.9 Å². The molecule has 4 rings (SSSR count). The van der Waals surface area contributed by atoms with Crippen molar-refractivity contribution in [3.63, 3.8) is 0 Å². The number of benzene rings is 1. The number of nitrogens with one attached hydrogen (secondary N) is 2. The van der Waals surface area contributed by atoms with Gasteiger partial charge in [0, 0.05) is 23.5 Å². The molecule has 1 aliphatic heterocycles. The van der Waals surface area contributed by atoms with Gasteiger partial charge in [0.1, 0.15) is 5.69 Å². The molecule has 0 fully saturated rings. The van der Waals surface area contributed by atoms with Gasteiger partial charge in [-0.05, 0) is 30.7 Å². The van der Waals surface area contributed by atoms with E-state index in [1.807, 2.05) is 60.1 Å². The largest absolute Gasteiger partial charge is 0.347 e. The number of nitrogens with zero attached hydrogens (tertiary/aromatic N) is 2. The van der Waals surface area contributed by atoms with Crippen LogP contribution in [-0.4, -0.2) is 27.6 Å². The minimum absolute atomic E-state index is 0.00355. The van der Waals surface area contributed by atoms with Crippen molar-refractivity contribution in [3.8, 4) is 0 Å². The van der Waals surface area contributed by atoms with Crippen molar-refractivity contribution in [2.24, 2.45) is 0 Å². The van der Waals surface area contributed by atoms with Crippen LogP contribution in [0.4, 0.5) is 0 Å². The van der Waals surface area contributed by atoms with Crippen molar-refractivity contribution in [2.75, 3.05) is 0 Å². The predicted octanol–water partition coefficient (Wildman–Crippen LogP) is 2.54. The van der Waals surface area contributed by atoms with Gasteiger partial charge in [0.25, 0.3) is 11.8 Å². The first kappa shape index (κ1) is 17.5. The molecule has 7 heteroatoms. The number of thiophene rings is 1. The molecule has 0 radical (unpaired) electrons. The second-order valence-corrected chi connectivity index (χ2v) is 7.94. The highest BCUT2D eigenvalue weighted by atomic mass is 32.1. The first-order valence-corrected chi connectivity index (χ1v) is 9.66. The summed E-state index contributed by atoms with van der Waals surface area (Å²) in [6.07, 6.45) is 0.676. The molecule has 0 unspecified atom stereocenters. The predicted molar refractivity (Wildman–Crippen MR) is 104 cm³/mol. The minimum atomic E-state index is -0.185. The maximum absolute atomic E-state index is 12.3. The number of fused-ring (bicyclic) bond motifs is 1. The van der Waals surface area contributed by atoms with Gasteiger partial charge in [-0.3, -0.25) is 14.3 Å². The summed E-state index contributed by atoms with van der Waals surface area (Å²) < 4.78 is 1.81. The van der Waals surface area contributed by atoms with E-state index < -0.39 is 0 Å². The monoisotopic (exact) mass is 380 g/mol. The summed E-state index contributed by atoms with van der Waals surface area (Å²) in [4.78, 5) is 26.4. The molecule has 2 amide bonds. The molecule has 3 heterocycles. The van der Waals surface area contributed by atoms with Crippen LogP contribution >= 0.6 is 11.3 Å². The molecule has 0 spiro atoms. The fourth-order valence-corrected chi connectivity index (χ4v) is 3.96. The molecular weight excluding hydrogens is 360 g/mol. The van der Waals surface area contributed by atoms with E-state index >= 15 is 0 Å². The van der Waals surface area contributed by atoms with Crippen LogP contribution in [0.2, 0.25) is 0 Å². The van der Waals surface area contributed by atoms with E-state index in [0.29, 0.717) is 25.2 Å². The molecular formula is C20H20N4O2S. The maximum Gasteiger partial charge on any atom is 0.272 e. The molecule has 1 aromatic carbocycles. The van der Waals surface area contributed by atoms with Crippen molar-refractivity contribution in [1.29, 1.82) is 0 Å². The first-order chi connectivity index (χ1) is 13.1. The topological polar surface area (TPSA) is 76.0 Å². The second kappa shape index (κ2) is 7.36. The molecule has 0 bridgehead atoms. The number of hydrogen-bond donors (Lipinski definition) is 2. The number of amides is 2. The zero-order valence-electron chi connectivity index (χ0n) is 14.9. The van der Waals surface area contributed by atoms with E-state index in [0.717, 1.165) is 21.0 Å². The van der Waals surface area contributed by atoms with Gasteiger partial charge in [0.15, 0.2) is 0 Å². The number of carbonyl (C=O) groups excluding carboxylic acids is 2. The molecule has 2 aromatic heterocycles. The zero-order valence-corrected chi connectivity index (χ0v) is 15.8. The van der Waals surface area contributed by atoms with Gasteiger partial charge in [0.2, 0.25) is 0 Å². The van der Waals surface area contributed by atoms with E-state index in [9.17, 15) is 9.59 Å². The number of carbonyl (C=O) groups is 2. The smallest absolute Gasteiger partial charge is 0.272 e. The number of aromatic nitrogens is 2. The average Bonchev–Trinajstić information content (AvgIpc) is 3.35. The van der Waals surface area contributed by atoms with Gasteiger partial charge < -0.3 is 10.6 Å². The number of rotatable bonds is 5. The van der Waals surface area contributed by atoms with Crippen molar-refractivity contribution in [3.05, 3.63) is 75.2 Å². The van der Waals surface area contributed by atoms with Crippen molar-refractivity contribution < 1.29 is 9.59 Å². The average molecular weight is 380 g/mol. The lowest BCUT2D eigenvalue weighted by Crippen LogP contribution is -2.35. The van der Waals surface area contributed by atoms with Crippen molar-refractivity contribution in [2.45, 2.75) is 32.5 Å². The number of aryl methyl sites for hydroxylation is 1. The lowest BCUT2D eigenvalue weighted by molar-refractivity contribution is 0.0930. The highest BCUT2D eigenvalue weighted by Gasteiger charge is 2.26. The molecule has 0 saturated carbocycles. The fourth-order valence-electron chi connectivity index (χ4n) is 3.19. The van der Waals surface area contributed by atoms with Gasteiger partial charge in [0.05, 0.1) is 17.5 Å². The highest BCUT2D eigenvalue weighted by molar-refractivity contribution is 7.13. The van der Waals surface area contributed by atoms with Gasteiger partial charge in [-0.25, -0.2) is 0 Å². The third-order valence-corrected chi connectivity index (χ3v) is 5.54. The van der Waals surface area contributed by atoms with Gasteiger partial charge >= 0.3 is 0 Å². The van der Waals surface area contributed by atoms with Crippen molar-refractivity contribution >= 4 is 23.2 Å². The lowest BCUT2D eigenvalue weighted by atomic mass is 10.2. The molecule has 3 aromatic rings. The van der Waals surface area contributed by atoms with Crippen LogP contribution in [0.1, 0.15) is 36.3 Å². The molecule has 2 N–H and O–H groups in total. The summed E-state index contributed by atoms with van der Waals surface area (Å²) in [6.45, 7) is 3.04. The molecule has 0 aliphatic carbocycles. The molecule has 27 heavy (non-hydrogen) atoms. The van der Waals surface area contributed by atoms with Crippen molar-refractivity contribution in [1.82, 2.24) is 20.4 Å². The minimum Gasteiger partial charge on any atom is -0.347 e. The van der Waals surface area contributed by atoms with Gasteiger partial charge in [-0.2, -0.15) is 5.10 Å². The molecule has 138 valence electrons. The van der Waals surface area contributed by atoms with Crippen LogP contribution in [0.25, 0.3) is 0 Å². The summed E-state index contributed by atoms with van der Waals surface area (Å²) in [6, 6.07) is 15.4. The van der Waals surface area contributed by atoms with Crippen LogP contribution in [0.15, 0.2) is 48.5 Å². The van der Waals surface area contributed by atoms with Crippen LogP contribution < -0.4 is 10.6 Å². The normalized spacial score (nSPS) is 15.4. The molecule has 1 aliphatic rings. The number of hydrogen-bond acceptors (Lipinski definition) is 4. The van der Waals surface area contributed by atoms with Crippen LogP contribution in [0, 0.1) is 6.92 Å². The van der Waals surface area contributed by atoms with E-state index in [1.54, 1.807) is 0 Å². The Hall–Kier alpha value is -2.93. The summed E-state index contributed by atoms with van der Waals surface area (Å²) in [5.41, 5.74) is 2.43. The highest BCUT2D eigenvalue weighted by Crippen LogP contribution is 2.19. The van der Waals surface area contributed by atoms with E-state index in [4.69, 9.17) is 0 Å². The van der Waals surface area contributed by atoms with Gasteiger partial charge in [-0.15, -0.1) is 11.3 Å². The Bertz CT molecular complexity index is 954. The van der Waals surface area contributed by atoms with E-state index in [2.05, 4.69) is 15.7 Å². The second-order valence-electron chi connectivity index (χ2n) is 6.66. The lowest BCUT2D eigenvalue weighted by Gasteiger charge is -2.10. The summed E-state index contributed by atoms with van der Waals surface area (Å²) in [5.74, 6) is -0.236. The summed E-state index contributed by atoms with van der Waals surface area (Å²) in [5, 5.41) is 10.3. The third-order valence-electron chi connectivity index (χ3n) is 4.54. The van der Waals surface area contributed by atoms with Gasteiger partial charge in [-0.1, -0.05) is 30.3 Å². The Morgan fingerprint density at radius 2 is 2.00 bits per heavy atom. The molecule has 1 atom stereocenters. The maximum atomic E-state index is 12.3. The quantitative estimate of drug-likeness (QED) is 0.714. The zero-order chi connectivity index (χ0) is 18.8. The Morgan fingerprint density at radius 3 is 2.70 bits per heavy atom. The molecule has 0 saturated heterocycles. The third kappa shape index (κ3) is 3.93. The Kier molecular flexibility index (Phi) is 4.77.